The van der Waals surface area contributed by atoms with Crippen LogP contribution in [0, 0.1) is 13.8 Å². The predicted molar refractivity (Wildman–Crippen MR) is 83.1 cm³/mol. The average Bonchev–Trinajstić information content (AvgIpc) is 2.83. The molecule has 0 bridgehead atoms. The molecule has 1 aliphatic rings. The molecule has 4 heteroatoms. The quantitative estimate of drug-likeness (QED) is 0.939. The van der Waals surface area contributed by atoms with Crippen molar-refractivity contribution >= 4 is 0 Å². The number of hydrogen-bond donors (Lipinski definition) is 1. The monoisotopic (exact) mass is 285 g/mol. The zero-order valence-electron chi connectivity index (χ0n) is 13.0. The summed E-state index contributed by atoms with van der Waals surface area (Å²) < 4.78 is 2.10. The van der Waals surface area contributed by atoms with Gasteiger partial charge in [0.25, 0.3) is 0 Å². The number of nitrogens with zero attached hydrogens (tertiary/aromatic N) is 3. The fourth-order valence-electron chi connectivity index (χ4n) is 2.99. The molecule has 112 valence electrons. The lowest BCUT2D eigenvalue weighted by Crippen LogP contribution is -2.34. The van der Waals surface area contributed by atoms with E-state index in [2.05, 4.69) is 40.4 Å². The van der Waals surface area contributed by atoms with Gasteiger partial charge < -0.3 is 9.67 Å². The summed E-state index contributed by atoms with van der Waals surface area (Å²) in [6.07, 6.45) is 2.45. The molecular weight excluding hydrogens is 262 g/mol. The van der Waals surface area contributed by atoms with Gasteiger partial charge >= 0.3 is 0 Å². The van der Waals surface area contributed by atoms with Crippen LogP contribution in [0.1, 0.15) is 34.2 Å². The summed E-state index contributed by atoms with van der Waals surface area (Å²) >= 11 is 0. The lowest BCUT2D eigenvalue weighted by molar-refractivity contribution is 0.104. The van der Waals surface area contributed by atoms with Crippen molar-refractivity contribution in [3.05, 3.63) is 52.6 Å². The van der Waals surface area contributed by atoms with Crippen LogP contribution >= 0.6 is 0 Å². The fraction of sp³-hybridized carbons (Fsp3) is 0.471. The van der Waals surface area contributed by atoms with E-state index in [4.69, 9.17) is 0 Å². The van der Waals surface area contributed by atoms with Gasteiger partial charge in [-0.05, 0) is 30.5 Å². The Kier molecular flexibility index (Phi) is 3.83. The van der Waals surface area contributed by atoms with Crippen LogP contribution in [0.5, 0.6) is 0 Å². The number of β-amino-alcohol motifs (C(OH)–C–C–N with tert-alkyl or cyclic N) is 1. The molecule has 1 atom stereocenters. The normalized spacial score (nSPS) is 16.8. The molecule has 4 nitrogen and oxygen atoms in total. The predicted octanol–water partition coefficient (Wildman–Crippen LogP) is 2.13. The second-order valence-corrected chi connectivity index (χ2v) is 6.09. The third-order valence-electron chi connectivity index (χ3n) is 4.53. The molecule has 0 amide bonds. The van der Waals surface area contributed by atoms with E-state index < -0.39 is 6.10 Å². The highest BCUT2D eigenvalue weighted by Gasteiger charge is 2.22. The molecule has 0 saturated heterocycles. The third-order valence-corrected chi connectivity index (χ3v) is 4.53. The van der Waals surface area contributed by atoms with Crippen molar-refractivity contribution in [3.8, 4) is 0 Å². The molecule has 2 aromatic rings. The van der Waals surface area contributed by atoms with Crippen molar-refractivity contribution in [2.24, 2.45) is 7.05 Å². The van der Waals surface area contributed by atoms with Crippen molar-refractivity contribution in [2.75, 3.05) is 13.1 Å². The van der Waals surface area contributed by atoms with Crippen LogP contribution in [0.2, 0.25) is 0 Å². The Morgan fingerprint density at radius 1 is 1.29 bits per heavy atom. The summed E-state index contributed by atoms with van der Waals surface area (Å²) in [7, 11) is 2.05. The smallest absolute Gasteiger partial charge is 0.0949 e. The molecule has 0 aliphatic carbocycles. The molecule has 1 N–H and O–H groups in total. The Morgan fingerprint density at radius 2 is 2.10 bits per heavy atom. The highest BCUT2D eigenvalue weighted by atomic mass is 16.3. The van der Waals surface area contributed by atoms with Crippen molar-refractivity contribution in [1.29, 1.82) is 0 Å². The number of rotatable bonds is 3. The van der Waals surface area contributed by atoms with E-state index in [1.807, 2.05) is 19.4 Å². The van der Waals surface area contributed by atoms with Crippen molar-refractivity contribution in [1.82, 2.24) is 14.5 Å². The summed E-state index contributed by atoms with van der Waals surface area (Å²) in [5, 5.41) is 10.5. The molecule has 3 rings (SSSR count). The second-order valence-electron chi connectivity index (χ2n) is 6.09. The number of aliphatic hydroxyl groups is 1. The van der Waals surface area contributed by atoms with Crippen LogP contribution in [-0.4, -0.2) is 32.6 Å². The van der Waals surface area contributed by atoms with E-state index in [1.165, 1.54) is 16.8 Å². The SMILES string of the molecule is Cc1ccc(C(O)CN2CCc3c(ncn3C)C2)cc1C. The largest absolute Gasteiger partial charge is 0.387 e. The van der Waals surface area contributed by atoms with Gasteiger partial charge in [0.2, 0.25) is 0 Å². The van der Waals surface area contributed by atoms with Gasteiger partial charge in [0.05, 0.1) is 18.1 Å². The number of aryl methyl sites for hydroxylation is 3. The molecule has 1 aromatic heterocycles. The standard InChI is InChI=1S/C17H23N3O/c1-12-4-5-14(8-13(12)2)17(21)10-20-7-6-16-15(9-20)18-11-19(16)3/h4-5,8,11,17,21H,6-7,9-10H2,1-3H3. The minimum absolute atomic E-state index is 0.436. The van der Waals surface area contributed by atoms with Gasteiger partial charge in [0, 0.05) is 38.8 Å². The molecule has 0 spiro atoms. The maximum Gasteiger partial charge on any atom is 0.0949 e. The van der Waals surface area contributed by atoms with Crippen LogP contribution in [0.25, 0.3) is 0 Å². The number of imidazole rings is 1. The molecule has 2 heterocycles. The third kappa shape index (κ3) is 2.87. The first kappa shape index (κ1) is 14.3. The number of benzene rings is 1. The number of hydrogen-bond acceptors (Lipinski definition) is 3. The number of aliphatic hydroxyl groups excluding tert-OH is 1. The van der Waals surface area contributed by atoms with E-state index in [0.717, 1.165) is 30.8 Å². The van der Waals surface area contributed by atoms with E-state index in [1.54, 1.807) is 0 Å². The van der Waals surface area contributed by atoms with Gasteiger partial charge in [-0.1, -0.05) is 18.2 Å². The van der Waals surface area contributed by atoms with Gasteiger partial charge in [-0.15, -0.1) is 0 Å². The van der Waals surface area contributed by atoms with Crippen LogP contribution in [0.3, 0.4) is 0 Å². The highest BCUT2D eigenvalue weighted by Crippen LogP contribution is 2.22. The molecule has 1 aromatic carbocycles. The van der Waals surface area contributed by atoms with Crippen LogP contribution in [0.4, 0.5) is 0 Å². The minimum atomic E-state index is -0.436. The molecule has 21 heavy (non-hydrogen) atoms. The molecule has 0 radical (unpaired) electrons. The topological polar surface area (TPSA) is 41.3 Å². The Bertz CT molecular complexity index is 647. The summed E-state index contributed by atoms with van der Waals surface area (Å²) in [6.45, 7) is 6.66. The van der Waals surface area contributed by atoms with Crippen LogP contribution < -0.4 is 0 Å². The van der Waals surface area contributed by atoms with E-state index >= 15 is 0 Å². The van der Waals surface area contributed by atoms with E-state index in [0.29, 0.717) is 6.54 Å². The highest BCUT2D eigenvalue weighted by molar-refractivity contribution is 5.31. The first-order valence-electron chi connectivity index (χ1n) is 7.51. The van der Waals surface area contributed by atoms with Gasteiger partial charge in [-0.25, -0.2) is 4.98 Å². The zero-order valence-corrected chi connectivity index (χ0v) is 13.0. The fourth-order valence-corrected chi connectivity index (χ4v) is 2.99. The maximum atomic E-state index is 10.5. The van der Waals surface area contributed by atoms with Gasteiger partial charge in [-0.3, -0.25) is 4.90 Å². The van der Waals surface area contributed by atoms with Gasteiger partial charge in [0.1, 0.15) is 0 Å². The number of fused-ring (bicyclic) bond motifs is 1. The first-order chi connectivity index (χ1) is 10.0. The molecular formula is C17H23N3O. The van der Waals surface area contributed by atoms with Crippen LogP contribution in [0.15, 0.2) is 24.5 Å². The molecule has 1 aliphatic heterocycles. The minimum Gasteiger partial charge on any atom is -0.387 e. The molecule has 0 saturated carbocycles. The summed E-state index contributed by atoms with van der Waals surface area (Å²) in [6, 6.07) is 6.21. The average molecular weight is 285 g/mol. The van der Waals surface area contributed by atoms with Gasteiger partial charge in [0.15, 0.2) is 0 Å². The van der Waals surface area contributed by atoms with E-state index in [-0.39, 0.29) is 0 Å². The van der Waals surface area contributed by atoms with Crippen LogP contribution in [-0.2, 0) is 20.0 Å². The summed E-state index contributed by atoms with van der Waals surface area (Å²) in [5.74, 6) is 0. The van der Waals surface area contributed by atoms with Crippen molar-refractivity contribution in [3.63, 3.8) is 0 Å². The lowest BCUT2D eigenvalue weighted by Gasteiger charge is -2.28. The Balaban J connectivity index is 1.68. The Hall–Kier alpha value is -1.65. The maximum absolute atomic E-state index is 10.5. The van der Waals surface area contributed by atoms with E-state index in [9.17, 15) is 5.11 Å². The van der Waals surface area contributed by atoms with Crippen molar-refractivity contribution in [2.45, 2.75) is 32.9 Å². The summed E-state index contributed by atoms with van der Waals surface area (Å²) in [4.78, 5) is 6.74. The Labute approximate surface area is 126 Å². The lowest BCUT2D eigenvalue weighted by atomic mass is 10.0. The zero-order chi connectivity index (χ0) is 15.0. The summed E-state index contributed by atoms with van der Waals surface area (Å²) in [5.41, 5.74) is 5.98. The van der Waals surface area contributed by atoms with Crippen molar-refractivity contribution < 1.29 is 5.11 Å². The first-order valence-corrected chi connectivity index (χ1v) is 7.51. The number of aromatic nitrogens is 2. The second kappa shape index (κ2) is 5.62. The Morgan fingerprint density at radius 3 is 2.86 bits per heavy atom. The van der Waals surface area contributed by atoms with Gasteiger partial charge in [-0.2, -0.15) is 0 Å². The molecule has 1 unspecified atom stereocenters. The molecule has 0 fully saturated rings.